The van der Waals surface area contributed by atoms with Crippen molar-refractivity contribution in [1.82, 2.24) is 9.97 Å². The second-order valence-corrected chi connectivity index (χ2v) is 3.87. The molecule has 1 fully saturated rings. The van der Waals surface area contributed by atoms with E-state index in [1.807, 2.05) is 0 Å². The fraction of sp³-hybridized carbons (Fsp3) is 0.444. The van der Waals surface area contributed by atoms with Crippen LogP contribution in [0.5, 0.6) is 0 Å². The molecule has 0 radical (unpaired) electrons. The number of anilines is 1. The van der Waals surface area contributed by atoms with Crippen LogP contribution < -0.4 is 4.90 Å². The lowest BCUT2D eigenvalue weighted by Gasteiger charge is -2.37. The van der Waals surface area contributed by atoms with E-state index in [1.165, 1.54) is 6.07 Å². The number of carbonyl (C=O) groups excluding carboxylic acids is 1. The van der Waals surface area contributed by atoms with Gasteiger partial charge in [-0.1, -0.05) is 11.6 Å². The fourth-order valence-electron chi connectivity index (χ4n) is 1.45. The third-order valence-corrected chi connectivity index (χ3v) is 2.64. The zero-order valence-electron chi connectivity index (χ0n) is 8.32. The second kappa shape index (κ2) is 3.93. The van der Waals surface area contributed by atoms with Gasteiger partial charge in [-0.15, -0.1) is 0 Å². The van der Waals surface area contributed by atoms with E-state index in [9.17, 15) is 13.6 Å². The Morgan fingerprint density at radius 2 is 2.25 bits per heavy atom. The number of rotatable bonds is 2. The molecule has 1 saturated heterocycles. The van der Waals surface area contributed by atoms with Crippen molar-refractivity contribution >= 4 is 23.2 Å². The van der Waals surface area contributed by atoms with Crippen molar-refractivity contribution in [2.24, 2.45) is 0 Å². The number of Topliss-reactive ketones (excluding diaryl/α,β-unsaturated/α-hetero) is 1. The minimum atomic E-state index is -2.77. The Morgan fingerprint density at radius 3 is 2.75 bits per heavy atom. The zero-order chi connectivity index (χ0) is 11.9. The van der Waals surface area contributed by atoms with E-state index in [0.717, 1.165) is 0 Å². The summed E-state index contributed by atoms with van der Waals surface area (Å²) >= 11 is 5.61. The standard InChI is InChI=1S/C9H8ClF2N3O/c1-4-5(16)3-15(4)7-2-6(10)13-9(14-7)8(11)12/h2,4,8H,3H2,1H3/t4-/m1/s1. The molecule has 0 unspecified atom stereocenters. The van der Waals surface area contributed by atoms with E-state index in [-0.39, 0.29) is 29.3 Å². The molecule has 7 heteroatoms. The summed E-state index contributed by atoms with van der Waals surface area (Å²) in [5.41, 5.74) is 0. The summed E-state index contributed by atoms with van der Waals surface area (Å²) in [5, 5.41) is -0.0492. The summed E-state index contributed by atoms with van der Waals surface area (Å²) < 4.78 is 24.8. The number of carbonyl (C=O) groups is 1. The first kappa shape index (κ1) is 11.2. The van der Waals surface area contributed by atoms with Gasteiger partial charge in [0.1, 0.15) is 11.0 Å². The maximum Gasteiger partial charge on any atom is 0.297 e. The van der Waals surface area contributed by atoms with Gasteiger partial charge in [0.05, 0.1) is 12.6 Å². The zero-order valence-corrected chi connectivity index (χ0v) is 9.08. The summed E-state index contributed by atoms with van der Waals surface area (Å²) in [4.78, 5) is 19.7. The van der Waals surface area contributed by atoms with Gasteiger partial charge in [0.2, 0.25) is 0 Å². The summed E-state index contributed by atoms with van der Waals surface area (Å²) in [6.07, 6.45) is -2.77. The predicted octanol–water partition coefficient (Wildman–Crippen LogP) is 1.85. The number of aromatic nitrogens is 2. The van der Waals surface area contributed by atoms with E-state index in [4.69, 9.17) is 11.6 Å². The largest absolute Gasteiger partial charge is 0.339 e. The topological polar surface area (TPSA) is 46.1 Å². The van der Waals surface area contributed by atoms with Crippen LogP contribution in [0.3, 0.4) is 0 Å². The molecule has 0 aromatic carbocycles. The highest BCUT2D eigenvalue weighted by atomic mass is 35.5. The molecule has 1 aromatic heterocycles. The molecule has 1 aromatic rings. The Bertz CT molecular complexity index is 441. The second-order valence-electron chi connectivity index (χ2n) is 3.48. The van der Waals surface area contributed by atoms with Crippen LogP contribution in [0.15, 0.2) is 6.07 Å². The molecule has 1 aliphatic rings. The molecule has 16 heavy (non-hydrogen) atoms. The van der Waals surface area contributed by atoms with Gasteiger partial charge >= 0.3 is 0 Å². The van der Waals surface area contributed by atoms with Crippen molar-refractivity contribution in [2.45, 2.75) is 19.4 Å². The molecular formula is C9H8ClF2N3O. The van der Waals surface area contributed by atoms with E-state index >= 15 is 0 Å². The van der Waals surface area contributed by atoms with Gasteiger partial charge in [0, 0.05) is 6.07 Å². The normalized spacial score (nSPS) is 20.2. The Morgan fingerprint density at radius 1 is 1.56 bits per heavy atom. The van der Waals surface area contributed by atoms with Crippen LogP contribution in [0, 0.1) is 0 Å². The fourth-order valence-corrected chi connectivity index (χ4v) is 1.63. The van der Waals surface area contributed by atoms with Gasteiger partial charge in [-0.25, -0.2) is 18.7 Å². The molecule has 0 saturated carbocycles. The van der Waals surface area contributed by atoms with Crippen molar-refractivity contribution in [3.63, 3.8) is 0 Å². The minimum absolute atomic E-state index is 0.0492. The predicted molar refractivity (Wildman–Crippen MR) is 53.8 cm³/mol. The summed E-state index contributed by atoms with van der Waals surface area (Å²) in [6.45, 7) is 1.86. The maximum absolute atomic E-state index is 12.4. The van der Waals surface area contributed by atoms with Gasteiger partial charge < -0.3 is 4.90 Å². The lowest BCUT2D eigenvalue weighted by molar-refractivity contribution is -0.122. The molecule has 4 nitrogen and oxygen atoms in total. The van der Waals surface area contributed by atoms with Gasteiger partial charge in [-0.2, -0.15) is 0 Å². The van der Waals surface area contributed by atoms with Gasteiger partial charge in [0.25, 0.3) is 6.43 Å². The number of ketones is 1. The smallest absolute Gasteiger partial charge is 0.297 e. The maximum atomic E-state index is 12.4. The molecule has 0 bridgehead atoms. The molecule has 0 spiro atoms. The number of hydrogen-bond acceptors (Lipinski definition) is 4. The van der Waals surface area contributed by atoms with Crippen LogP contribution >= 0.6 is 11.6 Å². The Balaban J connectivity index is 2.31. The van der Waals surface area contributed by atoms with Crippen LogP contribution in [-0.2, 0) is 4.79 Å². The minimum Gasteiger partial charge on any atom is -0.339 e. The number of halogens is 3. The van der Waals surface area contributed by atoms with Crippen LogP contribution in [0.1, 0.15) is 19.2 Å². The Labute approximate surface area is 95.2 Å². The third kappa shape index (κ3) is 1.84. The molecule has 1 aliphatic heterocycles. The molecular weight excluding hydrogens is 240 g/mol. The first-order valence-corrected chi connectivity index (χ1v) is 4.99. The van der Waals surface area contributed by atoms with E-state index in [1.54, 1.807) is 11.8 Å². The summed E-state index contributed by atoms with van der Waals surface area (Å²) in [6, 6.07) is 1.03. The van der Waals surface area contributed by atoms with E-state index < -0.39 is 12.2 Å². The molecule has 2 heterocycles. The van der Waals surface area contributed by atoms with Crippen LogP contribution in [-0.4, -0.2) is 28.3 Å². The first-order valence-electron chi connectivity index (χ1n) is 4.61. The van der Waals surface area contributed by atoms with Gasteiger partial charge in [-0.3, -0.25) is 4.79 Å². The number of hydrogen-bond donors (Lipinski definition) is 0. The van der Waals surface area contributed by atoms with Crippen LogP contribution in [0.25, 0.3) is 0 Å². The monoisotopic (exact) mass is 247 g/mol. The molecule has 0 aliphatic carbocycles. The summed E-state index contributed by atoms with van der Waals surface area (Å²) in [5.74, 6) is -0.301. The SMILES string of the molecule is C[C@@H]1C(=O)CN1c1cc(Cl)nc(C(F)F)n1. The number of nitrogens with zero attached hydrogens (tertiary/aromatic N) is 3. The highest BCUT2D eigenvalue weighted by Gasteiger charge is 2.34. The van der Waals surface area contributed by atoms with Crippen molar-refractivity contribution < 1.29 is 13.6 Å². The van der Waals surface area contributed by atoms with E-state index in [2.05, 4.69) is 9.97 Å². The van der Waals surface area contributed by atoms with Crippen molar-refractivity contribution in [3.8, 4) is 0 Å². The molecule has 86 valence electrons. The molecule has 1 atom stereocenters. The van der Waals surface area contributed by atoms with Crippen molar-refractivity contribution in [3.05, 3.63) is 17.0 Å². The van der Waals surface area contributed by atoms with Crippen molar-refractivity contribution in [1.29, 1.82) is 0 Å². The first-order chi connectivity index (χ1) is 7.49. The van der Waals surface area contributed by atoms with Crippen LogP contribution in [0.4, 0.5) is 14.6 Å². The molecule has 0 N–H and O–H groups in total. The lowest BCUT2D eigenvalue weighted by Crippen LogP contribution is -2.55. The highest BCUT2D eigenvalue weighted by Crippen LogP contribution is 2.26. The van der Waals surface area contributed by atoms with Crippen LogP contribution in [0.2, 0.25) is 5.15 Å². The third-order valence-electron chi connectivity index (χ3n) is 2.45. The Kier molecular flexibility index (Phi) is 2.75. The summed E-state index contributed by atoms with van der Waals surface area (Å²) in [7, 11) is 0. The average molecular weight is 248 g/mol. The lowest BCUT2D eigenvalue weighted by atomic mass is 10.0. The molecule has 0 amide bonds. The van der Waals surface area contributed by atoms with Gasteiger partial charge in [-0.05, 0) is 6.92 Å². The Hall–Kier alpha value is -1.30. The quantitative estimate of drug-likeness (QED) is 0.749. The highest BCUT2D eigenvalue weighted by molar-refractivity contribution is 6.29. The average Bonchev–Trinajstić information content (AvgIpc) is 2.24. The molecule has 2 rings (SSSR count). The van der Waals surface area contributed by atoms with Gasteiger partial charge in [0.15, 0.2) is 11.6 Å². The van der Waals surface area contributed by atoms with Crippen molar-refractivity contribution in [2.75, 3.05) is 11.4 Å². The van der Waals surface area contributed by atoms with E-state index in [0.29, 0.717) is 0 Å². The number of alkyl halides is 2.